The van der Waals surface area contributed by atoms with E-state index in [0.717, 1.165) is 18.7 Å². The molecule has 2 unspecified atom stereocenters. The molecule has 0 saturated carbocycles. The second kappa shape index (κ2) is 6.65. The van der Waals surface area contributed by atoms with Crippen molar-refractivity contribution in [3.8, 4) is 5.75 Å². The molecule has 96 valence electrons. The molecule has 0 fully saturated rings. The Morgan fingerprint density at radius 1 is 1.24 bits per heavy atom. The zero-order valence-corrected chi connectivity index (χ0v) is 11.7. The lowest BCUT2D eigenvalue weighted by molar-refractivity contribution is 0.167. The molecule has 0 radical (unpaired) electrons. The van der Waals surface area contributed by atoms with Crippen LogP contribution in [-0.2, 0) is 0 Å². The first kappa shape index (κ1) is 14.0. The average molecular weight is 235 g/mol. The van der Waals surface area contributed by atoms with Crippen molar-refractivity contribution < 1.29 is 4.74 Å². The number of aryl methyl sites for hydroxylation is 1. The van der Waals surface area contributed by atoms with Gasteiger partial charge in [0, 0.05) is 6.04 Å². The van der Waals surface area contributed by atoms with E-state index in [-0.39, 0.29) is 6.10 Å². The highest BCUT2D eigenvalue weighted by molar-refractivity contribution is 5.38. The third-order valence-corrected chi connectivity index (χ3v) is 3.34. The maximum atomic E-state index is 6.07. The number of rotatable bonds is 6. The van der Waals surface area contributed by atoms with Crippen molar-refractivity contribution >= 4 is 0 Å². The molecule has 2 atom stereocenters. The van der Waals surface area contributed by atoms with Crippen LogP contribution in [0.1, 0.15) is 38.3 Å². The number of ether oxygens (including phenoxy) is 1. The lowest BCUT2D eigenvalue weighted by Gasteiger charge is -2.25. The van der Waals surface area contributed by atoms with E-state index >= 15 is 0 Å². The maximum Gasteiger partial charge on any atom is 0.122 e. The summed E-state index contributed by atoms with van der Waals surface area (Å²) in [6.07, 6.45) is 1.28. The van der Waals surface area contributed by atoms with Crippen molar-refractivity contribution in [2.45, 2.75) is 53.2 Å². The Labute approximate surface area is 105 Å². The molecule has 0 spiro atoms. The molecule has 0 aliphatic heterocycles. The first-order valence-corrected chi connectivity index (χ1v) is 6.56. The Hall–Kier alpha value is -1.02. The van der Waals surface area contributed by atoms with Crippen LogP contribution in [-0.4, -0.2) is 18.7 Å². The second-order valence-corrected chi connectivity index (χ2v) is 4.59. The van der Waals surface area contributed by atoms with Gasteiger partial charge in [-0.25, -0.2) is 0 Å². The Morgan fingerprint density at radius 2 is 1.94 bits per heavy atom. The van der Waals surface area contributed by atoms with Gasteiger partial charge in [0.1, 0.15) is 11.9 Å². The number of hydrogen-bond acceptors (Lipinski definition) is 2. The molecule has 17 heavy (non-hydrogen) atoms. The average Bonchev–Trinajstić information content (AvgIpc) is 2.31. The summed E-state index contributed by atoms with van der Waals surface area (Å²) in [5.74, 6) is 1.01. The Kier molecular flexibility index (Phi) is 5.49. The summed E-state index contributed by atoms with van der Waals surface area (Å²) in [6.45, 7) is 11.7. The number of benzene rings is 1. The highest BCUT2D eigenvalue weighted by atomic mass is 16.5. The predicted molar refractivity (Wildman–Crippen MR) is 73.8 cm³/mol. The van der Waals surface area contributed by atoms with Gasteiger partial charge in [-0.05, 0) is 50.9 Å². The van der Waals surface area contributed by atoms with E-state index in [1.807, 2.05) is 0 Å². The SMILES string of the molecule is CCNC(CC)C(C)Oc1cccc(C)c1C. The van der Waals surface area contributed by atoms with E-state index in [4.69, 9.17) is 4.74 Å². The number of hydrogen-bond donors (Lipinski definition) is 1. The van der Waals surface area contributed by atoms with Gasteiger partial charge in [0.15, 0.2) is 0 Å². The van der Waals surface area contributed by atoms with Gasteiger partial charge in [-0.3, -0.25) is 0 Å². The maximum absolute atomic E-state index is 6.07. The molecule has 0 aromatic heterocycles. The van der Waals surface area contributed by atoms with Gasteiger partial charge in [0.05, 0.1) is 0 Å². The second-order valence-electron chi connectivity index (χ2n) is 4.59. The fourth-order valence-corrected chi connectivity index (χ4v) is 2.04. The van der Waals surface area contributed by atoms with Crippen LogP contribution in [0.4, 0.5) is 0 Å². The van der Waals surface area contributed by atoms with Gasteiger partial charge in [0.2, 0.25) is 0 Å². The van der Waals surface area contributed by atoms with Gasteiger partial charge in [-0.2, -0.15) is 0 Å². The fourth-order valence-electron chi connectivity index (χ4n) is 2.04. The summed E-state index contributed by atoms with van der Waals surface area (Å²) in [7, 11) is 0. The molecular weight excluding hydrogens is 210 g/mol. The minimum absolute atomic E-state index is 0.195. The van der Waals surface area contributed by atoms with Gasteiger partial charge < -0.3 is 10.1 Å². The standard InChI is InChI=1S/C15H25NO/c1-6-14(16-7-2)13(5)17-15-10-8-9-11(3)12(15)4/h8-10,13-14,16H,6-7H2,1-5H3. The molecule has 1 aromatic rings. The normalized spacial score (nSPS) is 14.4. The van der Waals surface area contributed by atoms with Crippen LogP contribution < -0.4 is 10.1 Å². The van der Waals surface area contributed by atoms with E-state index in [9.17, 15) is 0 Å². The van der Waals surface area contributed by atoms with Gasteiger partial charge in [-0.15, -0.1) is 0 Å². The van der Waals surface area contributed by atoms with Crippen molar-refractivity contribution in [1.82, 2.24) is 5.32 Å². The molecule has 1 rings (SSSR count). The van der Waals surface area contributed by atoms with E-state index in [0.29, 0.717) is 6.04 Å². The molecule has 1 aromatic carbocycles. The third-order valence-electron chi connectivity index (χ3n) is 3.34. The Morgan fingerprint density at radius 3 is 2.53 bits per heavy atom. The molecule has 0 aliphatic rings. The molecule has 0 amide bonds. The summed E-state index contributed by atoms with van der Waals surface area (Å²) >= 11 is 0. The van der Waals surface area contributed by atoms with Crippen LogP contribution in [0.15, 0.2) is 18.2 Å². The van der Waals surface area contributed by atoms with Gasteiger partial charge in [0.25, 0.3) is 0 Å². The van der Waals surface area contributed by atoms with Gasteiger partial charge in [-0.1, -0.05) is 26.0 Å². The van der Waals surface area contributed by atoms with Crippen molar-refractivity contribution in [2.75, 3.05) is 6.54 Å². The summed E-state index contributed by atoms with van der Waals surface area (Å²) in [4.78, 5) is 0. The van der Waals surface area contributed by atoms with E-state index in [1.54, 1.807) is 0 Å². The number of likely N-dealkylation sites (N-methyl/N-ethyl adjacent to an activating group) is 1. The summed E-state index contributed by atoms with van der Waals surface area (Å²) in [5.41, 5.74) is 2.52. The van der Waals surface area contributed by atoms with Gasteiger partial charge >= 0.3 is 0 Å². The largest absolute Gasteiger partial charge is 0.489 e. The Balaban J connectivity index is 2.72. The minimum atomic E-state index is 0.195. The molecule has 1 N–H and O–H groups in total. The molecule has 2 nitrogen and oxygen atoms in total. The predicted octanol–water partition coefficient (Wildman–Crippen LogP) is 3.46. The number of nitrogens with one attached hydrogen (secondary N) is 1. The minimum Gasteiger partial charge on any atom is -0.489 e. The zero-order chi connectivity index (χ0) is 12.8. The quantitative estimate of drug-likeness (QED) is 0.815. The zero-order valence-electron chi connectivity index (χ0n) is 11.7. The van der Waals surface area contributed by atoms with E-state index < -0.39 is 0 Å². The van der Waals surface area contributed by atoms with Crippen molar-refractivity contribution in [3.63, 3.8) is 0 Å². The van der Waals surface area contributed by atoms with Crippen molar-refractivity contribution in [2.24, 2.45) is 0 Å². The molecule has 0 bridgehead atoms. The molecular formula is C15H25NO. The summed E-state index contributed by atoms with van der Waals surface area (Å²) < 4.78 is 6.07. The lowest BCUT2D eigenvalue weighted by Crippen LogP contribution is -2.40. The molecule has 0 saturated heterocycles. The summed E-state index contributed by atoms with van der Waals surface area (Å²) in [5, 5.41) is 3.46. The first-order valence-electron chi connectivity index (χ1n) is 6.56. The first-order chi connectivity index (χ1) is 8.10. The topological polar surface area (TPSA) is 21.3 Å². The van der Waals surface area contributed by atoms with Crippen LogP contribution in [0.2, 0.25) is 0 Å². The van der Waals surface area contributed by atoms with Crippen molar-refractivity contribution in [1.29, 1.82) is 0 Å². The van der Waals surface area contributed by atoms with Crippen molar-refractivity contribution in [3.05, 3.63) is 29.3 Å². The monoisotopic (exact) mass is 235 g/mol. The van der Waals surface area contributed by atoms with E-state index in [2.05, 4.69) is 58.1 Å². The molecule has 2 heteroatoms. The van der Waals surface area contributed by atoms with Crippen LogP contribution in [0.25, 0.3) is 0 Å². The third kappa shape index (κ3) is 3.74. The van der Waals surface area contributed by atoms with Crippen LogP contribution in [0.5, 0.6) is 5.75 Å². The van der Waals surface area contributed by atoms with E-state index in [1.165, 1.54) is 11.1 Å². The van der Waals surface area contributed by atoms with Crippen LogP contribution in [0.3, 0.4) is 0 Å². The smallest absolute Gasteiger partial charge is 0.122 e. The highest BCUT2D eigenvalue weighted by Crippen LogP contribution is 2.22. The van der Waals surface area contributed by atoms with Crippen LogP contribution in [0, 0.1) is 13.8 Å². The fraction of sp³-hybridized carbons (Fsp3) is 0.600. The van der Waals surface area contributed by atoms with Crippen LogP contribution >= 0.6 is 0 Å². The molecule has 0 heterocycles. The highest BCUT2D eigenvalue weighted by Gasteiger charge is 2.16. The Bertz CT molecular complexity index is 349. The molecule has 0 aliphatic carbocycles. The lowest BCUT2D eigenvalue weighted by atomic mass is 10.1. The summed E-state index contributed by atoms with van der Waals surface area (Å²) in [6, 6.07) is 6.64.